The summed E-state index contributed by atoms with van der Waals surface area (Å²) in [5, 5.41) is 14.2. The Hall–Kier alpha value is -3.80. The lowest BCUT2D eigenvalue weighted by molar-refractivity contribution is 0.0697. The molecule has 0 saturated carbocycles. The topological polar surface area (TPSA) is 80.9 Å². The number of rotatable bonds is 9. The number of carboxylic acid groups (broad SMARTS) is 1. The van der Waals surface area contributed by atoms with Crippen molar-refractivity contribution < 1.29 is 9.90 Å². The Morgan fingerprint density at radius 2 is 1.69 bits per heavy atom. The molecule has 4 rings (SSSR count). The Kier molecular flexibility index (Phi) is 6.70. The van der Waals surface area contributed by atoms with Crippen molar-refractivity contribution in [2.24, 2.45) is 0 Å². The maximum Gasteiger partial charge on any atom is 0.336 e. The predicted octanol–water partition coefficient (Wildman–Crippen LogP) is 4.82. The largest absolute Gasteiger partial charge is 0.478 e. The van der Waals surface area contributed by atoms with Gasteiger partial charge in [0.25, 0.3) is 0 Å². The summed E-state index contributed by atoms with van der Waals surface area (Å²) in [6.45, 7) is 2.72. The van der Waals surface area contributed by atoms with Crippen molar-refractivity contribution in [3.63, 3.8) is 0 Å². The van der Waals surface area contributed by atoms with Crippen molar-refractivity contribution >= 4 is 5.97 Å². The van der Waals surface area contributed by atoms with E-state index in [1.165, 1.54) is 5.56 Å². The minimum absolute atomic E-state index is 0.248. The van der Waals surface area contributed by atoms with Crippen LogP contribution in [0.3, 0.4) is 0 Å². The summed E-state index contributed by atoms with van der Waals surface area (Å²) in [6.07, 6.45) is 5.37. The molecule has 6 heteroatoms. The van der Waals surface area contributed by atoms with Gasteiger partial charge in [0, 0.05) is 24.6 Å². The maximum atomic E-state index is 11.5. The van der Waals surface area contributed by atoms with E-state index in [4.69, 9.17) is 10.1 Å². The lowest BCUT2D eigenvalue weighted by atomic mass is 10.0. The second-order valence-corrected chi connectivity index (χ2v) is 7.74. The fourth-order valence-electron chi connectivity index (χ4n) is 3.71. The van der Waals surface area contributed by atoms with E-state index < -0.39 is 5.97 Å². The normalized spacial score (nSPS) is 10.9. The van der Waals surface area contributed by atoms with Crippen LogP contribution in [0.15, 0.2) is 72.9 Å². The summed E-state index contributed by atoms with van der Waals surface area (Å²) in [5.74, 6) is 0.884. The van der Waals surface area contributed by atoms with Gasteiger partial charge in [0.15, 0.2) is 5.82 Å². The van der Waals surface area contributed by atoms with Gasteiger partial charge in [0.05, 0.1) is 17.8 Å². The van der Waals surface area contributed by atoms with Gasteiger partial charge in [-0.3, -0.25) is 4.98 Å². The summed E-state index contributed by atoms with van der Waals surface area (Å²) < 4.78 is 1.96. The van der Waals surface area contributed by atoms with Gasteiger partial charge in [-0.15, -0.1) is 0 Å². The first-order valence-electron chi connectivity index (χ1n) is 10.9. The van der Waals surface area contributed by atoms with Crippen molar-refractivity contribution in [1.82, 2.24) is 19.7 Å². The SMILES string of the molecule is CCCc1nc(CCc2ccccc2)nn1Cc1ccc(-c2ccccc2C(=O)O)nc1. The minimum Gasteiger partial charge on any atom is -0.478 e. The summed E-state index contributed by atoms with van der Waals surface area (Å²) in [4.78, 5) is 20.8. The highest BCUT2D eigenvalue weighted by Gasteiger charge is 2.13. The van der Waals surface area contributed by atoms with Crippen molar-refractivity contribution in [2.45, 2.75) is 39.2 Å². The molecule has 0 bridgehead atoms. The van der Waals surface area contributed by atoms with Crippen molar-refractivity contribution in [1.29, 1.82) is 0 Å². The van der Waals surface area contributed by atoms with Crippen molar-refractivity contribution in [3.8, 4) is 11.3 Å². The molecule has 6 nitrogen and oxygen atoms in total. The van der Waals surface area contributed by atoms with Crippen molar-refractivity contribution in [3.05, 3.63) is 101 Å². The van der Waals surface area contributed by atoms with E-state index in [0.29, 0.717) is 17.8 Å². The van der Waals surface area contributed by atoms with Crippen LogP contribution in [0.25, 0.3) is 11.3 Å². The van der Waals surface area contributed by atoms with Crippen LogP contribution >= 0.6 is 0 Å². The quantitative estimate of drug-likeness (QED) is 0.415. The van der Waals surface area contributed by atoms with Crippen LogP contribution in [0.4, 0.5) is 0 Å². The van der Waals surface area contributed by atoms with E-state index in [1.54, 1.807) is 24.4 Å². The highest BCUT2D eigenvalue weighted by molar-refractivity contribution is 5.95. The van der Waals surface area contributed by atoms with Gasteiger partial charge in [-0.05, 0) is 36.1 Å². The molecule has 2 aromatic carbocycles. The summed E-state index contributed by atoms with van der Waals surface area (Å²) in [7, 11) is 0. The molecule has 0 saturated heterocycles. The zero-order valence-electron chi connectivity index (χ0n) is 18.1. The summed E-state index contributed by atoms with van der Waals surface area (Å²) in [6, 6.07) is 21.1. The van der Waals surface area contributed by atoms with Crippen LogP contribution in [0.5, 0.6) is 0 Å². The number of hydrogen-bond acceptors (Lipinski definition) is 4. The molecule has 1 N–H and O–H groups in total. The van der Waals surface area contributed by atoms with Crippen LogP contribution in [0.1, 0.15) is 46.5 Å². The Labute approximate surface area is 187 Å². The van der Waals surface area contributed by atoms with Crippen LogP contribution < -0.4 is 0 Å². The Balaban J connectivity index is 1.51. The monoisotopic (exact) mass is 426 g/mol. The Morgan fingerprint density at radius 1 is 0.906 bits per heavy atom. The molecule has 0 radical (unpaired) electrons. The zero-order valence-corrected chi connectivity index (χ0v) is 18.1. The van der Waals surface area contributed by atoms with Gasteiger partial charge in [0.2, 0.25) is 0 Å². The molecule has 32 heavy (non-hydrogen) atoms. The van der Waals surface area contributed by atoms with Crippen LogP contribution in [-0.4, -0.2) is 30.8 Å². The van der Waals surface area contributed by atoms with E-state index in [2.05, 4.69) is 36.2 Å². The summed E-state index contributed by atoms with van der Waals surface area (Å²) >= 11 is 0. The number of carbonyl (C=O) groups is 1. The maximum absolute atomic E-state index is 11.5. The first kappa shape index (κ1) is 21.4. The van der Waals surface area contributed by atoms with Gasteiger partial charge in [-0.1, -0.05) is 61.5 Å². The fourth-order valence-corrected chi connectivity index (χ4v) is 3.71. The van der Waals surface area contributed by atoms with Gasteiger partial charge in [-0.25, -0.2) is 14.5 Å². The van der Waals surface area contributed by atoms with Crippen molar-refractivity contribution in [2.75, 3.05) is 0 Å². The first-order chi connectivity index (χ1) is 15.6. The molecule has 2 heterocycles. The standard InChI is InChI=1S/C26H26N4O2/c1-2-8-25-28-24(16-14-19-9-4-3-5-10-19)29-30(25)18-20-13-15-23(27-17-20)21-11-6-7-12-22(21)26(31)32/h3-7,9-13,15,17H,2,8,14,16,18H2,1H3,(H,31,32). The van der Waals surface area contributed by atoms with E-state index in [9.17, 15) is 9.90 Å². The molecule has 0 aliphatic rings. The smallest absolute Gasteiger partial charge is 0.336 e. The number of aryl methyl sites for hydroxylation is 3. The number of nitrogens with zero attached hydrogens (tertiary/aromatic N) is 4. The zero-order chi connectivity index (χ0) is 22.3. The number of hydrogen-bond donors (Lipinski definition) is 1. The number of benzene rings is 2. The first-order valence-corrected chi connectivity index (χ1v) is 10.9. The molecule has 0 aliphatic heterocycles. The van der Waals surface area contributed by atoms with Crippen LogP contribution in [0.2, 0.25) is 0 Å². The lowest BCUT2D eigenvalue weighted by Gasteiger charge is -2.08. The average molecular weight is 427 g/mol. The third-order valence-electron chi connectivity index (χ3n) is 5.34. The molecule has 0 amide bonds. The van der Waals surface area contributed by atoms with Gasteiger partial charge in [0.1, 0.15) is 5.82 Å². The van der Waals surface area contributed by atoms with Gasteiger partial charge in [-0.2, -0.15) is 5.10 Å². The van der Waals surface area contributed by atoms with Crippen LogP contribution in [-0.2, 0) is 25.8 Å². The molecular formula is C26H26N4O2. The third-order valence-corrected chi connectivity index (χ3v) is 5.34. The van der Waals surface area contributed by atoms with Crippen LogP contribution in [0, 0.1) is 0 Å². The highest BCUT2D eigenvalue weighted by Crippen LogP contribution is 2.22. The van der Waals surface area contributed by atoms with E-state index >= 15 is 0 Å². The second kappa shape index (κ2) is 10.0. The third kappa shape index (κ3) is 5.09. The second-order valence-electron chi connectivity index (χ2n) is 7.74. The Bertz CT molecular complexity index is 1180. The van der Waals surface area contributed by atoms with E-state index in [0.717, 1.165) is 42.9 Å². The number of aromatic nitrogens is 4. The molecule has 0 atom stereocenters. The molecular weight excluding hydrogens is 400 g/mol. The Morgan fingerprint density at radius 3 is 2.41 bits per heavy atom. The molecule has 162 valence electrons. The van der Waals surface area contributed by atoms with Gasteiger partial charge < -0.3 is 5.11 Å². The lowest BCUT2D eigenvalue weighted by Crippen LogP contribution is -2.07. The number of pyridine rings is 1. The van der Waals surface area contributed by atoms with E-state index in [-0.39, 0.29) is 5.56 Å². The molecule has 0 aliphatic carbocycles. The number of carboxylic acids is 1. The van der Waals surface area contributed by atoms with E-state index in [1.807, 2.05) is 28.9 Å². The minimum atomic E-state index is -0.957. The molecule has 2 aromatic heterocycles. The molecule has 4 aromatic rings. The average Bonchev–Trinajstić information content (AvgIpc) is 3.20. The molecule has 0 unspecified atom stereocenters. The summed E-state index contributed by atoms with van der Waals surface area (Å²) in [5.41, 5.74) is 3.78. The highest BCUT2D eigenvalue weighted by atomic mass is 16.4. The fraction of sp³-hybridized carbons (Fsp3) is 0.231. The predicted molar refractivity (Wildman–Crippen MR) is 124 cm³/mol. The molecule has 0 spiro atoms. The molecule has 0 fully saturated rings. The van der Waals surface area contributed by atoms with Gasteiger partial charge >= 0.3 is 5.97 Å². The number of aromatic carboxylic acids is 1.